The third-order valence-corrected chi connectivity index (χ3v) is 2.64. The fourth-order valence-electron chi connectivity index (χ4n) is 1.86. The molecule has 0 radical (unpaired) electrons. The number of nitrogens with zero attached hydrogens (tertiary/aromatic N) is 2. The molecule has 0 aliphatic heterocycles. The van der Waals surface area contributed by atoms with Crippen LogP contribution < -0.4 is 5.56 Å². The number of rotatable bonds is 0. The molecule has 4 nitrogen and oxygen atoms in total. The van der Waals surface area contributed by atoms with E-state index in [1.54, 1.807) is 0 Å². The SMILES string of the molecule is O=c1cc(C(F)(F)F)c2cc3nccoc3cc2n1. The number of halogens is 3. The molecule has 0 saturated carbocycles. The summed E-state index contributed by atoms with van der Waals surface area (Å²) in [4.78, 5) is 18.7. The van der Waals surface area contributed by atoms with Gasteiger partial charge in [-0.15, -0.1) is 0 Å². The monoisotopic (exact) mass is 266 g/mol. The molecule has 19 heavy (non-hydrogen) atoms. The molecule has 0 saturated heterocycles. The maximum Gasteiger partial charge on any atom is 0.417 e. The minimum atomic E-state index is -4.63. The van der Waals surface area contributed by atoms with E-state index < -0.39 is 17.3 Å². The normalized spacial score (nSPS) is 12.2. The van der Waals surface area contributed by atoms with Crippen molar-refractivity contribution in [1.82, 2.24) is 9.97 Å². The van der Waals surface area contributed by atoms with Crippen molar-refractivity contribution < 1.29 is 17.6 Å². The number of aromatic nitrogens is 2. The van der Waals surface area contributed by atoms with Crippen LogP contribution in [0.25, 0.3) is 22.0 Å². The van der Waals surface area contributed by atoms with Crippen LogP contribution in [0.15, 0.2) is 39.9 Å². The molecule has 2 aromatic heterocycles. The molecule has 0 amide bonds. The van der Waals surface area contributed by atoms with Crippen molar-refractivity contribution in [3.63, 3.8) is 0 Å². The van der Waals surface area contributed by atoms with Gasteiger partial charge in [-0.25, -0.2) is 9.97 Å². The van der Waals surface area contributed by atoms with E-state index in [1.807, 2.05) is 0 Å². The molecule has 7 heteroatoms. The summed E-state index contributed by atoms with van der Waals surface area (Å²) in [6.45, 7) is 0. The van der Waals surface area contributed by atoms with E-state index in [-0.39, 0.29) is 22.0 Å². The summed E-state index contributed by atoms with van der Waals surface area (Å²) in [6, 6.07) is 2.96. The van der Waals surface area contributed by atoms with Crippen LogP contribution >= 0.6 is 0 Å². The summed E-state index contributed by atoms with van der Waals surface area (Å²) in [5.41, 5.74) is -1.50. The van der Waals surface area contributed by atoms with Crippen molar-refractivity contribution in [3.05, 3.63) is 46.6 Å². The fraction of sp³-hybridized carbons (Fsp3) is 0.0833. The van der Waals surface area contributed by atoms with Crippen LogP contribution in [0.3, 0.4) is 0 Å². The number of fused-ring (bicyclic) bond motifs is 2. The highest BCUT2D eigenvalue weighted by atomic mass is 19.4. The van der Waals surface area contributed by atoms with Crippen LogP contribution in [0.4, 0.5) is 13.2 Å². The summed E-state index contributed by atoms with van der Waals surface area (Å²) >= 11 is 0. The Hall–Kier alpha value is -2.44. The van der Waals surface area contributed by atoms with E-state index in [0.717, 1.165) is 0 Å². The highest BCUT2D eigenvalue weighted by Crippen LogP contribution is 2.34. The Balaban J connectivity index is 2.50. The van der Waals surface area contributed by atoms with E-state index in [1.165, 1.54) is 24.6 Å². The first-order chi connectivity index (χ1) is 8.95. The van der Waals surface area contributed by atoms with Gasteiger partial charge in [0.15, 0.2) is 5.58 Å². The Morgan fingerprint density at radius 1 is 1.11 bits per heavy atom. The second kappa shape index (κ2) is 3.78. The van der Waals surface area contributed by atoms with Gasteiger partial charge in [-0.2, -0.15) is 13.2 Å². The summed E-state index contributed by atoms with van der Waals surface area (Å²) in [5.74, 6) is 0. The maximum absolute atomic E-state index is 12.9. The molecule has 0 unspecified atom stereocenters. The topological polar surface area (TPSA) is 56.0 Å². The first kappa shape index (κ1) is 11.6. The van der Waals surface area contributed by atoms with E-state index in [2.05, 4.69) is 9.97 Å². The number of benzene rings is 1. The van der Waals surface area contributed by atoms with Crippen molar-refractivity contribution >= 4 is 22.0 Å². The zero-order valence-corrected chi connectivity index (χ0v) is 9.23. The molecular formula is C12H5F3N2O2. The third kappa shape index (κ3) is 1.92. The number of pyridine rings is 1. The summed E-state index contributed by atoms with van der Waals surface area (Å²) < 4.78 is 43.8. The molecule has 0 atom stereocenters. The lowest BCUT2D eigenvalue weighted by Gasteiger charge is -2.09. The van der Waals surface area contributed by atoms with E-state index >= 15 is 0 Å². The zero-order valence-electron chi connectivity index (χ0n) is 9.23. The molecule has 3 aromatic rings. The fourth-order valence-corrected chi connectivity index (χ4v) is 1.86. The van der Waals surface area contributed by atoms with Crippen LogP contribution in [0.2, 0.25) is 0 Å². The van der Waals surface area contributed by atoms with Gasteiger partial charge in [0.05, 0.1) is 17.3 Å². The van der Waals surface area contributed by atoms with E-state index in [4.69, 9.17) is 4.42 Å². The summed E-state index contributed by atoms with van der Waals surface area (Å²) in [7, 11) is 0. The number of hydrogen-bond acceptors (Lipinski definition) is 4. The molecule has 0 spiro atoms. The van der Waals surface area contributed by atoms with Crippen LogP contribution in [0, 0.1) is 0 Å². The molecule has 0 aliphatic rings. The molecular weight excluding hydrogens is 261 g/mol. The standard InChI is InChI=1S/C12H5F3N2O2/c13-12(14,15)7-4-11(18)17-8-5-10-9(3-6(7)8)16-1-2-19-10/h1-5H. The van der Waals surface area contributed by atoms with Gasteiger partial charge in [0, 0.05) is 17.5 Å². The van der Waals surface area contributed by atoms with Gasteiger partial charge in [0.1, 0.15) is 11.8 Å². The van der Waals surface area contributed by atoms with Crippen molar-refractivity contribution in [1.29, 1.82) is 0 Å². The van der Waals surface area contributed by atoms with Crippen molar-refractivity contribution in [2.45, 2.75) is 6.18 Å². The molecule has 3 rings (SSSR count). The minimum Gasteiger partial charge on any atom is -0.461 e. The van der Waals surface area contributed by atoms with Gasteiger partial charge in [-0.05, 0) is 6.07 Å². The lowest BCUT2D eigenvalue weighted by Crippen LogP contribution is -2.13. The van der Waals surface area contributed by atoms with Crippen LogP contribution in [-0.2, 0) is 6.18 Å². The van der Waals surface area contributed by atoms with Crippen molar-refractivity contribution in [2.24, 2.45) is 0 Å². The Labute approximate surface area is 103 Å². The average Bonchev–Trinajstić information content (AvgIpc) is 2.34. The molecule has 0 N–H and O–H groups in total. The Kier molecular flexibility index (Phi) is 2.31. The lowest BCUT2D eigenvalue weighted by molar-refractivity contribution is -0.136. The Bertz CT molecular complexity index is 840. The Morgan fingerprint density at radius 2 is 1.89 bits per heavy atom. The number of alkyl halides is 3. The zero-order chi connectivity index (χ0) is 13.6. The smallest absolute Gasteiger partial charge is 0.417 e. The number of hydrogen-bond donors (Lipinski definition) is 0. The van der Waals surface area contributed by atoms with Crippen LogP contribution in [-0.4, -0.2) is 9.97 Å². The summed E-state index contributed by atoms with van der Waals surface area (Å²) in [6.07, 6.45) is -2.00. The first-order valence-corrected chi connectivity index (χ1v) is 5.21. The van der Waals surface area contributed by atoms with Crippen molar-refractivity contribution in [3.8, 4) is 0 Å². The van der Waals surface area contributed by atoms with E-state index in [0.29, 0.717) is 6.07 Å². The molecule has 0 bridgehead atoms. The lowest BCUT2D eigenvalue weighted by atomic mass is 10.1. The quantitative estimate of drug-likeness (QED) is 0.587. The van der Waals surface area contributed by atoms with Gasteiger partial charge in [-0.3, -0.25) is 4.79 Å². The molecule has 0 aliphatic carbocycles. The first-order valence-electron chi connectivity index (χ1n) is 5.21. The second-order valence-corrected chi connectivity index (χ2v) is 3.87. The van der Waals surface area contributed by atoms with Gasteiger partial charge in [0.2, 0.25) is 0 Å². The molecule has 1 aromatic carbocycles. The average molecular weight is 266 g/mol. The van der Waals surface area contributed by atoms with Gasteiger partial charge in [0.25, 0.3) is 5.56 Å². The molecule has 0 fully saturated rings. The van der Waals surface area contributed by atoms with E-state index in [9.17, 15) is 18.0 Å². The predicted octanol–water partition coefficient (Wildman–Crippen LogP) is 2.76. The molecule has 2 heterocycles. The second-order valence-electron chi connectivity index (χ2n) is 3.87. The predicted molar refractivity (Wildman–Crippen MR) is 60.6 cm³/mol. The highest BCUT2D eigenvalue weighted by Gasteiger charge is 2.33. The van der Waals surface area contributed by atoms with Gasteiger partial charge >= 0.3 is 6.18 Å². The van der Waals surface area contributed by atoms with Crippen LogP contribution in [0.5, 0.6) is 0 Å². The summed E-state index contributed by atoms with van der Waals surface area (Å²) in [5, 5.41) is -0.173. The van der Waals surface area contributed by atoms with Gasteiger partial charge < -0.3 is 4.42 Å². The maximum atomic E-state index is 12.9. The minimum absolute atomic E-state index is 0.0657. The Morgan fingerprint density at radius 3 is 2.63 bits per heavy atom. The van der Waals surface area contributed by atoms with Crippen molar-refractivity contribution in [2.75, 3.05) is 0 Å². The van der Waals surface area contributed by atoms with Crippen LogP contribution in [0.1, 0.15) is 5.56 Å². The van der Waals surface area contributed by atoms with Gasteiger partial charge in [-0.1, -0.05) is 0 Å². The highest BCUT2D eigenvalue weighted by molar-refractivity contribution is 5.93. The largest absolute Gasteiger partial charge is 0.461 e. The molecule has 96 valence electrons. The third-order valence-electron chi connectivity index (χ3n) is 2.64.